The van der Waals surface area contributed by atoms with Gasteiger partial charge in [0, 0.05) is 37.9 Å². The van der Waals surface area contributed by atoms with Gasteiger partial charge in [-0.1, -0.05) is 12.0 Å². The zero-order valence-corrected chi connectivity index (χ0v) is 14.5. The smallest absolute Gasteiger partial charge is 0.109 e. The molecule has 1 aromatic heterocycles. The molecule has 0 bridgehead atoms. The van der Waals surface area contributed by atoms with E-state index in [0.717, 1.165) is 18.6 Å². The highest BCUT2D eigenvalue weighted by Crippen LogP contribution is 2.37. The van der Waals surface area contributed by atoms with Crippen LogP contribution < -0.4 is 0 Å². The maximum absolute atomic E-state index is 6.07. The fourth-order valence-corrected chi connectivity index (χ4v) is 4.01. The molecule has 1 nitrogen and oxygen atoms in total. The van der Waals surface area contributed by atoms with Crippen LogP contribution in [-0.2, 0) is 11.2 Å². The van der Waals surface area contributed by atoms with Gasteiger partial charge >= 0.3 is 0 Å². The van der Waals surface area contributed by atoms with Crippen LogP contribution in [0.4, 0.5) is 0 Å². The standard InChI is InChI=1S/C17H15IOS/c1-11-9-15(12(2)20-11)17-16-10-13(5-7-18)3-4-14(16)6-8-19-17/h3-4,9-10,17H,6,8H2,1-2H3. The largest absolute Gasteiger partial charge is 0.368 e. The predicted molar refractivity (Wildman–Crippen MR) is 92.6 cm³/mol. The summed E-state index contributed by atoms with van der Waals surface area (Å²) in [7, 11) is 0. The van der Waals surface area contributed by atoms with E-state index in [0.29, 0.717) is 0 Å². The average molecular weight is 394 g/mol. The van der Waals surface area contributed by atoms with Crippen LogP contribution in [0, 0.1) is 23.7 Å². The van der Waals surface area contributed by atoms with Crippen LogP contribution in [0.15, 0.2) is 24.3 Å². The van der Waals surface area contributed by atoms with Crippen molar-refractivity contribution in [2.45, 2.75) is 26.4 Å². The Labute approximate surface area is 137 Å². The first-order valence-corrected chi connectivity index (χ1v) is 8.51. The molecule has 0 radical (unpaired) electrons. The summed E-state index contributed by atoms with van der Waals surface area (Å²) >= 11 is 3.92. The first kappa shape index (κ1) is 14.1. The molecule has 20 heavy (non-hydrogen) atoms. The van der Waals surface area contributed by atoms with Gasteiger partial charge < -0.3 is 4.74 Å². The van der Waals surface area contributed by atoms with Crippen molar-refractivity contribution in [1.29, 1.82) is 0 Å². The summed E-state index contributed by atoms with van der Waals surface area (Å²) in [6.45, 7) is 5.13. The van der Waals surface area contributed by atoms with E-state index in [4.69, 9.17) is 4.74 Å². The van der Waals surface area contributed by atoms with Crippen molar-refractivity contribution in [3.8, 4) is 9.85 Å². The van der Waals surface area contributed by atoms with Gasteiger partial charge in [-0.25, -0.2) is 0 Å². The van der Waals surface area contributed by atoms with E-state index in [9.17, 15) is 0 Å². The molecule has 0 N–H and O–H groups in total. The SMILES string of the molecule is Cc1cc(C2OCCc3ccc(C#CI)cc32)c(C)s1. The second kappa shape index (κ2) is 5.88. The van der Waals surface area contributed by atoms with Gasteiger partial charge in [-0.3, -0.25) is 0 Å². The third-order valence-electron chi connectivity index (χ3n) is 3.64. The Balaban J connectivity index is 2.10. The highest BCUT2D eigenvalue weighted by molar-refractivity contribution is 14.1. The van der Waals surface area contributed by atoms with Crippen molar-refractivity contribution in [3.63, 3.8) is 0 Å². The maximum atomic E-state index is 6.07. The molecule has 2 heterocycles. The molecule has 0 aliphatic carbocycles. The fourth-order valence-electron chi connectivity index (χ4n) is 2.74. The molecule has 0 saturated carbocycles. The molecule has 1 atom stereocenters. The Bertz CT molecular complexity index is 706. The first-order chi connectivity index (χ1) is 9.69. The maximum Gasteiger partial charge on any atom is 0.109 e. The minimum Gasteiger partial charge on any atom is -0.368 e. The molecular formula is C17H15IOS. The van der Waals surface area contributed by atoms with E-state index in [1.165, 1.54) is 26.4 Å². The predicted octanol–water partition coefficient (Wildman–Crippen LogP) is 4.77. The van der Waals surface area contributed by atoms with Crippen LogP contribution >= 0.6 is 33.9 Å². The number of hydrogen-bond acceptors (Lipinski definition) is 2. The first-order valence-electron chi connectivity index (χ1n) is 6.62. The molecule has 102 valence electrons. The lowest BCUT2D eigenvalue weighted by atomic mass is 9.91. The minimum absolute atomic E-state index is 0.0691. The minimum atomic E-state index is 0.0691. The molecule has 3 rings (SSSR count). The molecule has 1 aliphatic rings. The highest BCUT2D eigenvalue weighted by Gasteiger charge is 2.25. The Hall–Kier alpha value is -0.830. The van der Waals surface area contributed by atoms with E-state index < -0.39 is 0 Å². The topological polar surface area (TPSA) is 9.23 Å². The van der Waals surface area contributed by atoms with E-state index in [-0.39, 0.29) is 6.10 Å². The van der Waals surface area contributed by atoms with Gasteiger partial charge in [0.1, 0.15) is 6.10 Å². The fraction of sp³-hybridized carbons (Fsp3) is 0.294. The summed E-state index contributed by atoms with van der Waals surface area (Å²) in [5, 5.41) is 0. The van der Waals surface area contributed by atoms with Gasteiger partial charge in [0.15, 0.2) is 0 Å². The number of hydrogen-bond donors (Lipinski definition) is 0. The number of rotatable bonds is 1. The van der Waals surface area contributed by atoms with Gasteiger partial charge in [0.05, 0.1) is 6.61 Å². The monoisotopic (exact) mass is 394 g/mol. The number of halogens is 1. The lowest BCUT2D eigenvalue weighted by Crippen LogP contribution is -2.17. The van der Waals surface area contributed by atoms with Crippen LogP contribution in [0.3, 0.4) is 0 Å². The number of aryl methyl sites for hydroxylation is 2. The number of benzene rings is 1. The van der Waals surface area contributed by atoms with Crippen LogP contribution in [-0.4, -0.2) is 6.61 Å². The number of fused-ring (bicyclic) bond motifs is 1. The highest BCUT2D eigenvalue weighted by atomic mass is 127. The van der Waals surface area contributed by atoms with Gasteiger partial charge in [0.25, 0.3) is 0 Å². The van der Waals surface area contributed by atoms with Crippen molar-refractivity contribution in [1.82, 2.24) is 0 Å². The van der Waals surface area contributed by atoms with Crippen molar-refractivity contribution < 1.29 is 4.74 Å². The van der Waals surface area contributed by atoms with Crippen LogP contribution in [0.25, 0.3) is 0 Å². The van der Waals surface area contributed by atoms with Crippen LogP contribution in [0.1, 0.15) is 38.1 Å². The lowest BCUT2D eigenvalue weighted by molar-refractivity contribution is 0.0697. The number of ether oxygens (including phenoxy) is 1. The molecule has 1 aliphatic heterocycles. The molecule has 0 amide bonds. The summed E-state index contributed by atoms with van der Waals surface area (Å²) in [6.07, 6.45) is 1.06. The van der Waals surface area contributed by atoms with Gasteiger partial charge in [-0.05, 0) is 59.1 Å². The summed E-state index contributed by atoms with van der Waals surface area (Å²) in [6, 6.07) is 8.77. The third-order valence-corrected chi connectivity index (χ3v) is 4.89. The second-order valence-electron chi connectivity index (χ2n) is 5.00. The van der Waals surface area contributed by atoms with E-state index in [2.05, 4.69) is 70.6 Å². The van der Waals surface area contributed by atoms with Crippen molar-refractivity contribution in [2.75, 3.05) is 6.61 Å². The Morgan fingerprint density at radius 3 is 2.80 bits per heavy atom. The quantitative estimate of drug-likeness (QED) is 0.500. The Morgan fingerprint density at radius 2 is 2.10 bits per heavy atom. The zero-order chi connectivity index (χ0) is 14.1. The molecule has 1 aromatic carbocycles. The molecule has 3 heteroatoms. The average Bonchev–Trinajstić information content (AvgIpc) is 2.77. The summed E-state index contributed by atoms with van der Waals surface area (Å²) < 4.78 is 9.02. The van der Waals surface area contributed by atoms with Gasteiger partial charge in [-0.2, -0.15) is 0 Å². The third kappa shape index (κ3) is 2.65. The second-order valence-corrected chi connectivity index (χ2v) is 7.00. The molecule has 0 fully saturated rings. The van der Waals surface area contributed by atoms with Crippen molar-refractivity contribution in [3.05, 3.63) is 56.3 Å². The summed E-state index contributed by atoms with van der Waals surface area (Å²) in [4.78, 5) is 2.70. The normalized spacial score (nSPS) is 17.2. The molecule has 0 spiro atoms. The Kier molecular flexibility index (Phi) is 4.16. The van der Waals surface area contributed by atoms with Crippen molar-refractivity contribution in [2.24, 2.45) is 0 Å². The zero-order valence-electron chi connectivity index (χ0n) is 11.5. The van der Waals surface area contributed by atoms with E-state index in [1.54, 1.807) is 0 Å². The number of thiophene rings is 1. The van der Waals surface area contributed by atoms with Crippen LogP contribution in [0.2, 0.25) is 0 Å². The van der Waals surface area contributed by atoms with Crippen LogP contribution in [0.5, 0.6) is 0 Å². The molecule has 2 aromatic rings. The molecule has 0 saturated heterocycles. The summed E-state index contributed by atoms with van der Waals surface area (Å²) in [5.41, 5.74) is 5.06. The van der Waals surface area contributed by atoms with Gasteiger partial charge in [-0.15, -0.1) is 11.3 Å². The van der Waals surface area contributed by atoms with Crippen molar-refractivity contribution >= 4 is 33.9 Å². The van der Waals surface area contributed by atoms with E-state index >= 15 is 0 Å². The Morgan fingerprint density at radius 1 is 1.25 bits per heavy atom. The van der Waals surface area contributed by atoms with Gasteiger partial charge in [0.2, 0.25) is 0 Å². The van der Waals surface area contributed by atoms with E-state index in [1.807, 2.05) is 11.3 Å². The summed E-state index contributed by atoms with van der Waals surface area (Å²) in [5.74, 6) is 3.13. The molecular weight excluding hydrogens is 379 g/mol. The lowest BCUT2D eigenvalue weighted by Gasteiger charge is -2.26. The molecule has 1 unspecified atom stereocenters.